The quantitative estimate of drug-likeness (QED) is 0.602. The predicted octanol–water partition coefficient (Wildman–Crippen LogP) is 2.38. The average Bonchev–Trinajstić information content (AvgIpc) is 3.36. The number of hydrogen-bond acceptors (Lipinski definition) is 5. The first-order chi connectivity index (χ1) is 16.3. The minimum Gasteiger partial charge on any atom is -0.497 e. The number of benzene rings is 1. The summed E-state index contributed by atoms with van der Waals surface area (Å²) < 4.78 is 6.96. The van der Waals surface area contributed by atoms with E-state index in [9.17, 15) is 14.4 Å². The Kier molecular flexibility index (Phi) is 6.90. The lowest BCUT2D eigenvalue weighted by Crippen LogP contribution is -2.54. The van der Waals surface area contributed by atoms with Crippen LogP contribution in [-0.2, 0) is 22.6 Å². The number of methoxy groups -OCH3 is 1. The Balaban J connectivity index is 1.29. The van der Waals surface area contributed by atoms with Gasteiger partial charge in [0.15, 0.2) is 0 Å². The number of ether oxygens (including phenoxy) is 1. The Morgan fingerprint density at radius 2 is 1.85 bits per heavy atom. The summed E-state index contributed by atoms with van der Waals surface area (Å²) in [4.78, 5) is 41.8. The smallest absolute Gasteiger partial charge is 0.325 e. The number of aromatic nitrogens is 2. The molecule has 2 aliphatic rings. The second-order valence-corrected chi connectivity index (χ2v) is 9.31. The lowest BCUT2D eigenvalue weighted by atomic mass is 9.79. The molecule has 2 aromatic rings. The van der Waals surface area contributed by atoms with Gasteiger partial charge in [-0.15, -0.1) is 0 Å². The van der Waals surface area contributed by atoms with E-state index in [2.05, 4.69) is 10.4 Å². The number of urea groups is 1. The van der Waals surface area contributed by atoms with Crippen LogP contribution >= 0.6 is 0 Å². The van der Waals surface area contributed by atoms with Crippen molar-refractivity contribution in [2.75, 3.05) is 26.7 Å². The number of aryl methyl sites for hydroxylation is 2. The maximum atomic E-state index is 13.3. The van der Waals surface area contributed by atoms with Gasteiger partial charge >= 0.3 is 6.03 Å². The molecular formula is C25H33N5O4. The molecule has 1 aromatic carbocycles. The average molecular weight is 468 g/mol. The number of imide groups is 1. The molecule has 0 saturated carbocycles. The lowest BCUT2D eigenvalue weighted by molar-refractivity contribution is -0.135. The number of carbonyl (C=O) groups is 3. The second kappa shape index (κ2) is 9.87. The van der Waals surface area contributed by atoms with Crippen molar-refractivity contribution in [1.82, 2.24) is 24.9 Å². The molecule has 9 nitrogen and oxygen atoms in total. The molecule has 0 aliphatic carbocycles. The summed E-state index contributed by atoms with van der Waals surface area (Å²) in [7, 11) is 1.62. The number of nitrogens with zero attached hydrogens (tertiary/aromatic N) is 4. The molecule has 1 N–H and O–H groups in total. The van der Waals surface area contributed by atoms with Crippen LogP contribution in [0.5, 0.6) is 5.75 Å². The van der Waals surface area contributed by atoms with Crippen molar-refractivity contribution in [2.45, 2.75) is 51.6 Å². The summed E-state index contributed by atoms with van der Waals surface area (Å²) in [6, 6.07) is 9.21. The van der Waals surface area contributed by atoms with Gasteiger partial charge in [0, 0.05) is 38.8 Å². The first kappa shape index (κ1) is 23.8. The van der Waals surface area contributed by atoms with E-state index in [-0.39, 0.29) is 23.8 Å². The van der Waals surface area contributed by atoms with E-state index in [1.807, 2.05) is 55.3 Å². The fraction of sp³-hybridized carbons (Fsp3) is 0.520. The van der Waals surface area contributed by atoms with Gasteiger partial charge in [0.2, 0.25) is 5.91 Å². The Morgan fingerprint density at radius 3 is 2.47 bits per heavy atom. The summed E-state index contributed by atoms with van der Waals surface area (Å²) in [6.07, 6.45) is 4.23. The van der Waals surface area contributed by atoms with Gasteiger partial charge in [-0.05, 0) is 62.8 Å². The molecular weight excluding hydrogens is 434 g/mol. The first-order valence-corrected chi connectivity index (χ1v) is 11.8. The van der Waals surface area contributed by atoms with Crippen LogP contribution in [-0.4, -0.2) is 69.7 Å². The molecule has 2 fully saturated rings. The number of piperidine rings is 1. The predicted molar refractivity (Wildman–Crippen MR) is 126 cm³/mol. The van der Waals surface area contributed by atoms with Gasteiger partial charge in [0.05, 0.1) is 12.8 Å². The number of nitrogens with one attached hydrogen (secondary N) is 1. The van der Waals surface area contributed by atoms with Gasteiger partial charge in [0.1, 0.15) is 11.3 Å². The summed E-state index contributed by atoms with van der Waals surface area (Å²) in [6.45, 7) is 5.81. The van der Waals surface area contributed by atoms with Crippen LogP contribution in [0, 0.1) is 12.8 Å². The van der Waals surface area contributed by atoms with Crippen LogP contribution < -0.4 is 10.1 Å². The van der Waals surface area contributed by atoms with Crippen LogP contribution in [0.2, 0.25) is 0 Å². The number of carbonyl (C=O) groups excluding carboxylic acids is 3. The second-order valence-electron chi connectivity index (χ2n) is 9.31. The van der Waals surface area contributed by atoms with Crippen LogP contribution in [0.3, 0.4) is 0 Å². The minimum absolute atomic E-state index is 0.00671. The molecule has 1 atom stereocenters. The van der Waals surface area contributed by atoms with Gasteiger partial charge in [0.25, 0.3) is 5.91 Å². The normalized spacial score (nSPS) is 21.1. The van der Waals surface area contributed by atoms with Crippen LogP contribution in [0.15, 0.2) is 36.5 Å². The Bertz CT molecular complexity index is 1040. The molecule has 0 radical (unpaired) electrons. The van der Waals surface area contributed by atoms with Crippen LogP contribution in [0.1, 0.15) is 37.4 Å². The fourth-order valence-electron chi connectivity index (χ4n) is 4.89. The summed E-state index contributed by atoms with van der Waals surface area (Å²) in [5.41, 5.74) is 1.04. The molecule has 182 valence electrons. The Hall–Kier alpha value is -3.36. The van der Waals surface area contributed by atoms with Crippen LogP contribution in [0.25, 0.3) is 0 Å². The molecule has 2 saturated heterocycles. The molecule has 0 bridgehead atoms. The minimum atomic E-state index is -0.932. The molecule has 34 heavy (non-hydrogen) atoms. The molecule has 2 aliphatic heterocycles. The zero-order valence-electron chi connectivity index (χ0n) is 20.1. The molecule has 0 unspecified atom stereocenters. The van der Waals surface area contributed by atoms with Gasteiger partial charge in [-0.2, -0.15) is 5.10 Å². The molecule has 0 spiro atoms. The van der Waals surface area contributed by atoms with E-state index in [1.165, 1.54) is 4.90 Å². The standard InChI is InChI=1S/C25H33N5O4/c1-18-8-15-29(27-18)16-12-22(31)28-13-10-20(11-14-28)25(2)23(32)30(24(33)26-25)17-9-19-4-6-21(34-3)7-5-19/h4-8,15,20H,9-14,16-17H2,1-3H3,(H,26,33)/t25-/m0/s1. The zero-order chi connectivity index (χ0) is 24.3. The number of hydrogen-bond donors (Lipinski definition) is 1. The highest BCUT2D eigenvalue weighted by Gasteiger charge is 2.52. The third-order valence-corrected chi connectivity index (χ3v) is 7.08. The highest BCUT2D eigenvalue weighted by Crippen LogP contribution is 2.33. The van der Waals surface area contributed by atoms with E-state index in [0.717, 1.165) is 17.0 Å². The molecule has 1 aromatic heterocycles. The van der Waals surface area contributed by atoms with E-state index < -0.39 is 5.54 Å². The van der Waals surface area contributed by atoms with Crippen LogP contribution in [0.4, 0.5) is 4.79 Å². The highest BCUT2D eigenvalue weighted by atomic mass is 16.5. The van der Waals surface area contributed by atoms with Crippen molar-refractivity contribution in [1.29, 1.82) is 0 Å². The monoisotopic (exact) mass is 467 g/mol. The van der Waals surface area contributed by atoms with Crippen molar-refractivity contribution in [3.05, 3.63) is 47.8 Å². The van der Waals surface area contributed by atoms with Gasteiger partial charge in [-0.3, -0.25) is 19.2 Å². The van der Waals surface area contributed by atoms with E-state index in [0.29, 0.717) is 51.9 Å². The SMILES string of the molecule is COc1ccc(CCN2C(=O)N[C@@](C)(C3CCN(C(=O)CCn4ccc(C)n4)CC3)C2=O)cc1. The fourth-order valence-corrected chi connectivity index (χ4v) is 4.89. The van der Waals surface area contributed by atoms with Crippen molar-refractivity contribution in [3.63, 3.8) is 0 Å². The van der Waals surface area contributed by atoms with E-state index >= 15 is 0 Å². The summed E-state index contributed by atoms with van der Waals surface area (Å²) >= 11 is 0. The molecule has 4 amide bonds. The van der Waals surface area contributed by atoms with Crippen molar-refractivity contribution < 1.29 is 19.1 Å². The third-order valence-electron chi connectivity index (χ3n) is 7.08. The van der Waals surface area contributed by atoms with E-state index in [1.54, 1.807) is 11.8 Å². The highest BCUT2D eigenvalue weighted by molar-refractivity contribution is 6.07. The Labute approximate surface area is 200 Å². The number of likely N-dealkylation sites (tertiary alicyclic amines) is 1. The lowest BCUT2D eigenvalue weighted by Gasteiger charge is -2.39. The number of amides is 4. The van der Waals surface area contributed by atoms with E-state index in [4.69, 9.17) is 4.74 Å². The summed E-state index contributed by atoms with van der Waals surface area (Å²) in [5.74, 6) is 0.685. The largest absolute Gasteiger partial charge is 0.497 e. The molecule has 4 rings (SSSR count). The third kappa shape index (κ3) is 4.93. The maximum absolute atomic E-state index is 13.3. The van der Waals surface area contributed by atoms with Gasteiger partial charge in [-0.1, -0.05) is 12.1 Å². The Morgan fingerprint density at radius 1 is 1.15 bits per heavy atom. The van der Waals surface area contributed by atoms with Crippen molar-refractivity contribution in [2.24, 2.45) is 5.92 Å². The van der Waals surface area contributed by atoms with Gasteiger partial charge in [-0.25, -0.2) is 4.79 Å². The topological polar surface area (TPSA) is 96.8 Å². The van der Waals surface area contributed by atoms with Crippen molar-refractivity contribution in [3.8, 4) is 5.75 Å². The first-order valence-electron chi connectivity index (χ1n) is 11.8. The maximum Gasteiger partial charge on any atom is 0.325 e. The zero-order valence-corrected chi connectivity index (χ0v) is 20.1. The summed E-state index contributed by atoms with van der Waals surface area (Å²) in [5, 5.41) is 7.27. The number of rotatable bonds is 8. The van der Waals surface area contributed by atoms with Crippen molar-refractivity contribution >= 4 is 17.8 Å². The molecule has 9 heteroatoms. The molecule has 3 heterocycles. The van der Waals surface area contributed by atoms with Gasteiger partial charge < -0.3 is 15.0 Å².